The Morgan fingerprint density at radius 2 is 2.28 bits per heavy atom. The van der Waals surface area contributed by atoms with Crippen molar-refractivity contribution in [3.05, 3.63) is 22.2 Å². The van der Waals surface area contributed by atoms with Gasteiger partial charge in [0.05, 0.1) is 16.6 Å². The van der Waals surface area contributed by atoms with Crippen LogP contribution in [0.4, 0.5) is 0 Å². The van der Waals surface area contributed by atoms with E-state index in [1.807, 2.05) is 12.3 Å². The number of aromatic nitrogens is 1. The Kier molecular flexibility index (Phi) is 5.03. The first-order valence-electron chi connectivity index (χ1n) is 5.48. The summed E-state index contributed by atoms with van der Waals surface area (Å²) in [5.74, 6) is -1.71. The number of aryl methyl sites for hydroxylation is 1. The van der Waals surface area contributed by atoms with Crippen LogP contribution in [0.1, 0.15) is 17.6 Å². The van der Waals surface area contributed by atoms with Crippen molar-refractivity contribution in [2.75, 3.05) is 13.6 Å². The van der Waals surface area contributed by atoms with E-state index < -0.39 is 11.9 Å². The third kappa shape index (κ3) is 4.29. The molecule has 0 aromatic carbocycles. The highest BCUT2D eigenvalue weighted by Gasteiger charge is 2.15. The molecular weight excluding hydrogens is 252 g/mol. The summed E-state index contributed by atoms with van der Waals surface area (Å²) in [6.45, 7) is 3.65. The summed E-state index contributed by atoms with van der Waals surface area (Å²) in [7, 11) is 1.58. The zero-order valence-corrected chi connectivity index (χ0v) is 11.4. The smallest absolute Gasteiger partial charge is 0.308 e. The van der Waals surface area contributed by atoms with Gasteiger partial charge in [0.2, 0.25) is 5.91 Å². The minimum absolute atomic E-state index is 0.189. The number of thiazole rings is 1. The summed E-state index contributed by atoms with van der Waals surface area (Å²) in [6, 6.07) is 0. The van der Waals surface area contributed by atoms with Crippen molar-refractivity contribution in [1.82, 2.24) is 9.88 Å². The number of aliphatic carboxylic acids is 1. The molecule has 6 heteroatoms. The number of nitrogens with zero attached hydrogens (tertiary/aromatic N) is 2. The minimum atomic E-state index is -0.909. The van der Waals surface area contributed by atoms with Gasteiger partial charge in [-0.2, -0.15) is 0 Å². The highest BCUT2D eigenvalue weighted by atomic mass is 32.1. The van der Waals surface area contributed by atoms with E-state index in [-0.39, 0.29) is 12.5 Å². The molecule has 1 atom stereocenters. The summed E-state index contributed by atoms with van der Waals surface area (Å²) in [4.78, 5) is 28.0. The first-order valence-corrected chi connectivity index (χ1v) is 6.36. The Bertz CT molecular complexity index is 468. The number of carboxylic acid groups (broad SMARTS) is 1. The second-order valence-corrected chi connectivity index (χ2v) is 5.14. The second kappa shape index (κ2) is 6.30. The quantitative estimate of drug-likeness (QED) is 0.824. The van der Waals surface area contributed by atoms with Crippen LogP contribution in [-0.4, -0.2) is 40.5 Å². The van der Waals surface area contributed by atoms with Crippen LogP contribution in [-0.2, 0) is 9.59 Å². The van der Waals surface area contributed by atoms with Gasteiger partial charge in [0, 0.05) is 25.0 Å². The Morgan fingerprint density at radius 1 is 1.61 bits per heavy atom. The SMILES string of the molecule is Cc1nc(C=CC(=O)N(C)CC(C)C(=O)O)cs1. The van der Waals surface area contributed by atoms with Crippen molar-refractivity contribution in [3.8, 4) is 0 Å². The number of carbonyl (C=O) groups excluding carboxylic acids is 1. The maximum atomic E-state index is 11.7. The molecule has 5 nitrogen and oxygen atoms in total. The normalized spacial score (nSPS) is 12.6. The molecule has 18 heavy (non-hydrogen) atoms. The number of carbonyl (C=O) groups is 2. The van der Waals surface area contributed by atoms with Crippen LogP contribution in [0.15, 0.2) is 11.5 Å². The second-order valence-electron chi connectivity index (χ2n) is 4.08. The molecule has 0 aliphatic carbocycles. The maximum Gasteiger partial charge on any atom is 0.308 e. The highest BCUT2D eigenvalue weighted by Crippen LogP contribution is 2.09. The Labute approximate surface area is 110 Å². The van der Waals surface area contributed by atoms with Crippen molar-refractivity contribution in [1.29, 1.82) is 0 Å². The van der Waals surface area contributed by atoms with E-state index in [0.29, 0.717) is 0 Å². The number of rotatable bonds is 5. The van der Waals surface area contributed by atoms with E-state index in [9.17, 15) is 9.59 Å². The average Bonchev–Trinajstić information content (AvgIpc) is 2.71. The molecule has 1 amide bonds. The third-order valence-electron chi connectivity index (χ3n) is 2.38. The van der Waals surface area contributed by atoms with Gasteiger partial charge in [-0.15, -0.1) is 11.3 Å². The van der Waals surface area contributed by atoms with Gasteiger partial charge in [-0.25, -0.2) is 4.98 Å². The summed E-state index contributed by atoms with van der Waals surface area (Å²) < 4.78 is 0. The van der Waals surface area contributed by atoms with Gasteiger partial charge in [0.1, 0.15) is 0 Å². The van der Waals surface area contributed by atoms with Gasteiger partial charge >= 0.3 is 5.97 Å². The monoisotopic (exact) mass is 268 g/mol. The zero-order valence-electron chi connectivity index (χ0n) is 10.6. The van der Waals surface area contributed by atoms with E-state index in [0.717, 1.165) is 10.7 Å². The van der Waals surface area contributed by atoms with Gasteiger partial charge in [-0.1, -0.05) is 6.92 Å². The molecule has 0 fully saturated rings. The van der Waals surface area contributed by atoms with Crippen LogP contribution in [0.3, 0.4) is 0 Å². The molecule has 1 aromatic rings. The molecule has 0 radical (unpaired) electrons. The van der Waals surface area contributed by atoms with Gasteiger partial charge in [0.25, 0.3) is 0 Å². The summed E-state index contributed by atoms with van der Waals surface area (Å²) in [5.41, 5.74) is 0.741. The molecule has 0 aliphatic rings. The fourth-order valence-corrected chi connectivity index (χ4v) is 1.90. The van der Waals surface area contributed by atoms with E-state index in [4.69, 9.17) is 5.11 Å². The molecule has 1 rings (SSSR count). The molecule has 0 saturated carbocycles. The number of amides is 1. The molecule has 1 unspecified atom stereocenters. The van der Waals surface area contributed by atoms with Gasteiger partial charge in [-0.3, -0.25) is 9.59 Å². The Morgan fingerprint density at radius 3 is 2.78 bits per heavy atom. The van der Waals surface area contributed by atoms with E-state index in [1.165, 1.54) is 22.3 Å². The van der Waals surface area contributed by atoms with Crippen molar-refractivity contribution < 1.29 is 14.7 Å². The average molecular weight is 268 g/mol. The lowest BCUT2D eigenvalue weighted by atomic mass is 10.2. The molecule has 1 heterocycles. The zero-order chi connectivity index (χ0) is 13.7. The Hall–Kier alpha value is -1.69. The molecule has 98 valence electrons. The first kappa shape index (κ1) is 14.4. The molecule has 1 N–H and O–H groups in total. The minimum Gasteiger partial charge on any atom is -0.481 e. The van der Waals surface area contributed by atoms with Crippen molar-refractivity contribution >= 4 is 29.3 Å². The molecule has 0 aliphatic heterocycles. The Balaban J connectivity index is 2.54. The first-order chi connectivity index (χ1) is 8.40. The predicted octanol–water partition coefficient (Wildman–Crippen LogP) is 1.64. The van der Waals surface area contributed by atoms with Crippen molar-refractivity contribution in [3.63, 3.8) is 0 Å². The van der Waals surface area contributed by atoms with Crippen LogP contribution in [0.25, 0.3) is 6.08 Å². The van der Waals surface area contributed by atoms with E-state index in [2.05, 4.69) is 4.98 Å². The topological polar surface area (TPSA) is 70.5 Å². The maximum absolute atomic E-state index is 11.7. The number of hydrogen-bond donors (Lipinski definition) is 1. The van der Waals surface area contributed by atoms with Crippen LogP contribution < -0.4 is 0 Å². The predicted molar refractivity (Wildman–Crippen MR) is 70.3 cm³/mol. The van der Waals surface area contributed by atoms with E-state index in [1.54, 1.807) is 20.0 Å². The lowest BCUT2D eigenvalue weighted by molar-refractivity contribution is -0.142. The summed E-state index contributed by atoms with van der Waals surface area (Å²) in [6.07, 6.45) is 3.04. The summed E-state index contributed by atoms with van der Waals surface area (Å²) in [5, 5.41) is 11.6. The fraction of sp³-hybridized carbons (Fsp3) is 0.417. The summed E-state index contributed by atoms with van der Waals surface area (Å²) >= 11 is 1.51. The van der Waals surface area contributed by atoms with E-state index >= 15 is 0 Å². The lowest BCUT2D eigenvalue weighted by Crippen LogP contribution is -2.32. The molecule has 0 bridgehead atoms. The fourth-order valence-electron chi connectivity index (χ4n) is 1.32. The lowest BCUT2D eigenvalue weighted by Gasteiger charge is -2.17. The molecular formula is C12H16N2O3S. The highest BCUT2D eigenvalue weighted by molar-refractivity contribution is 7.09. The molecule has 1 aromatic heterocycles. The molecule has 0 spiro atoms. The van der Waals surface area contributed by atoms with Crippen molar-refractivity contribution in [2.45, 2.75) is 13.8 Å². The van der Waals surface area contributed by atoms with Crippen molar-refractivity contribution in [2.24, 2.45) is 5.92 Å². The number of carboxylic acids is 1. The standard InChI is InChI=1S/C12H16N2O3S/c1-8(12(16)17)6-14(3)11(15)5-4-10-7-18-9(2)13-10/h4-5,7-8H,6H2,1-3H3,(H,16,17). The number of hydrogen-bond acceptors (Lipinski definition) is 4. The van der Waals surface area contributed by atoms with Crippen LogP contribution in [0.2, 0.25) is 0 Å². The largest absolute Gasteiger partial charge is 0.481 e. The van der Waals surface area contributed by atoms with Gasteiger partial charge < -0.3 is 10.0 Å². The number of likely N-dealkylation sites (N-methyl/N-ethyl adjacent to an activating group) is 1. The van der Waals surface area contributed by atoms with Gasteiger partial charge in [-0.05, 0) is 13.0 Å². The van der Waals surface area contributed by atoms with Crippen LogP contribution >= 0.6 is 11.3 Å². The third-order valence-corrected chi connectivity index (χ3v) is 3.17. The van der Waals surface area contributed by atoms with Crippen LogP contribution in [0, 0.1) is 12.8 Å². The van der Waals surface area contributed by atoms with Crippen LogP contribution in [0.5, 0.6) is 0 Å². The molecule has 0 saturated heterocycles. The van der Waals surface area contributed by atoms with Gasteiger partial charge in [0.15, 0.2) is 0 Å².